The van der Waals surface area contributed by atoms with Crippen molar-refractivity contribution in [3.63, 3.8) is 0 Å². The predicted octanol–water partition coefficient (Wildman–Crippen LogP) is 4.34. The minimum Gasteiger partial charge on any atom is -0.453 e. The molecule has 5 rings (SSSR count). The Morgan fingerprint density at radius 1 is 1.30 bits per heavy atom. The maximum Gasteiger partial charge on any atom is 0.409 e. The van der Waals surface area contributed by atoms with Gasteiger partial charge in [0.25, 0.3) is 0 Å². The summed E-state index contributed by atoms with van der Waals surface area (Å²) in [4.78, 5) is 21.9. The Balaban J connectivity index is 1.60. The third-order valence-corrected chi connectivity index (χ3v) is 6.58. The van der Waals surface area contributed by atoms with Crippen LogP contribution in [0.15, 0.2) is 30.6 Å². The molecule has 1 fully saturated rings. The number of benzene rings is 1. The number of hydrogen-bond acceptors (Lipinski definition) is 4. The highest BCUT2D eigenvalue weighted by Crippen LogP contribution is 2.36. The van der Waals surface area contributed by atoms with Crippen LogP contribution in [0.3, 0.4) is 0 Å². The zero-order valence-corrected chi connectivity index (χ0v) is 17.6. The van der Waals surface area contributed by atoms with Crippen LogP contribution in [0.25, 0.3) is 22.2 Å². The fourth-order valence-corrected chi connectivity index (χ4v) is 4.92. The number of nitrogens with zero attached hydrogens (tertiary/aromatic N) is 2. The first kappa shape index (κ1) is 19.1. The van der Waals surface area contributed by atoms with Crippen LogP contribution in [-0.2, 0) is 24.1 Å². The molecule has 0 saturated carbocycles. The fourth-order valence-electron chi connectivity index (χ4n) is 4.92. The van der Waals surface area contributed by atoms with Crippen molar-refractivity contribution in [1.82, 2.24) is 20.2 Å². The molecule has 30 heavy (non-hydrogen) atoms. The topological polar surface area (TPSA) is 70.2 Å². The first-order valence-electron chi connectivity index (χ1n) is 10.9. The molecular formula is C24H28N4O2. The van der Waals surface area contributed by atoms with E-state index in [1.807, 2.05) is 6.20 Å². The van der Waals surface area contributed by atoms with Crippen LogP contribution in [0.5, 0.6) is 0 Å². The van der Waals surface area contributed by atoms with Crippen molar-refractivity contribution in [1.29, 1.82) is 0 Å². The van der Waals surface area contributed by atoms with E-state index in [4.69, 9.17) is 4.74 Å². The van der Waals surface area contributed by atoms with E-state index in [1.165, 1.54) is 46.7 Å². The van der Waals surface area contributed by atoms with E-state index in [1.54, 1.807) is 4.90 Å². The van der Waals surface area contributed by atoms with Crippen LogP contribution >= 0.6 is 0 Å². The predicted molar refractivity (Wildman–Crippen MR) is 117 cm³/mol. The number of amides is 1. The maximum atomic E-state index is 12.1. The highest BCUT2D eigenvalue weighted by atomic mass is 16.5. The summed E-state index contributed by atoms with van der Waals surface area (Å²) in [6.45, 7) is 4.52. The SMILES string of the molecule is CCc1c[nH]c2ncc(-c3cc4c(c([C@@H]5CCCN5)c3)CN(C(=O)OC)CC4)cc12. The van der Waals surface area contributed by atoms with Gasteiger partial charge in [-0.05, 0) is 72.2 Å². The van der Waals surface area contributed by atoms with Gasteiger partial charge in [0.15, 0.2) is 0 Å². The summed E-state index contributed by atoms with van der Waals surface area (Å²) in [5.41, 5.74) is 8.53. The normalized spacial score (nSPS) is 18.6. The number of aryl methyl sites for hydroxylation is 1. The van der Waals surface area contributed by atoms with Gasteiger partial charge in [-0.2, -0.15) is 0 Å². The van der Waals surface area contributed by atoms with E-state index in [0.29, 0.717) is 19.1 Å². The second kappa shape index (κ2) is 7.76. The van der Waals surface area contributed by atoms with Gasteiger partial charge < -0.3 is 19.9 Å². The van der Waals surface area contributed by atoms with Gasteiger partial charge in [0.05, 0.1) is 7.11 Å². The third-order valence-electron chi connectivity index (χ3n) is 6.58. The number of pyridine rings is 1. The van der Waals surface area contributed by atoms with Gasteiger partial charge in [0.2, 0.25) is 0 Å². The molecule has 0 radical (unpaired) electrons. The number of ether oxygens (including phenoxy) is 1. The van der Waals surface area contributed by atoms with Gasteiger partial charge in [-0.1, -0.05) is 13.0 Å². The lowest BCUT2D eigenvalue weighted by atomic mass is 9.87. The van der Waals surface area contributed by atoms with E-state index in [0.717, 1.165) is 37.0 Å². The van der Waals surface area contributed by atoms with Gasteiger partial charge in [0.1, 0.15) is 5.65 Å². The minimum atomic E-state index is -0.246. The molecule has 2 aliphatic heterocycles. The zero-order chi connectivity index (χ0) is 20.7. The standard InChI is InChI=1S/C24H28N4O2/c1-3-15-12-26-23-19(15)11-18(13-27-23)17-9-16-6-8-28(24(29)30-2)14-21(16)20(10-17)22-5-4-7-25-22/h9-13,22,25H,3-8,14H2,1-2H3,(H,26,27)/t22-/m0/s1. The summed E-state index contributed by atoms with van der Waals surface area (Å²) < 4.78 is 4.98. The Morgan fingerprint density at radius 3 is 2.97 bits per heavy atom. The molecule has 2 aliphatic rings. The first-order valence-corrected chi connectivity index (χ1v) is 10.9. The number of aromatic nitrogens is 2. The van der Waals surface area contributed by atoms with Crippen molar-refractivity contribution in [3.8, 4) is 11.1 Å². The number of carbonyl (C=O) groups is 1. The summed E-state index contributed by atoms with van der Waals surface area (Å²) in [6.07, 6.45) is 7.92. The van der Waals surface area contributed by atoms with Gasteiger partial charge in [-0.15, -0.1) is 0 Å². The molecule has 0 aliphatic carbocycles. The van der Waals surface area contributed by atoms with Crippen LogP contribution in [0.2, 0.25) is 0 Å². The molecule has 4 heterocycles. The molecule has 1 amide bonds. The third kappa shape index (κ3) is 3.25. The largest absolute Gasteiger partial charge is 0.453 e. The molecule has 156 valence electrons. The lowest BCUT2D eigenvalue weighted by molar-refractivity contribution is 0.118. The first-order chi connectivity index (χ1) is 14.7. The number of nitrogens with one attached hydrogen (secondary N) is 2. The van der Waals surface area contributed by atoms with E-state index in [2.05, 4.69) is 46.6 Å². The summed E-state index contributed by atoms with van der Waals surface area (Å²) in [7, 11) is 1.45. The monoisotopic (exact) mass is 404 g/mol. The van der Waals surface area contributed by atoms with Crippen molar-refractivity contribution < 1.29 is 9.53 Å². The number of aromatic amines is 1. The Hall–Kier alpha value is -2.86. The molecule has 6 heteroatoms. The molecule has 0 bridgehead atoms. The van der Waals surface area contributed by atoms with Crippen molar-refractivity contribution in [2.45, 2.75) is 45.2 Å². The molecule has 1 saturated heterocycles. The molecular weight excluding hydrogens is 376 g/mol. The van der Waals surface area contributed by atoms with Crippen LogP contribution in [0.4, 0.5) is 4.79 Å². The molecule has 0 spiro atoms. The van der Waals surface area contributed by atoms with Crippen LogP contribution in [-0.4, -0.2) is 41.2 Å². The summed E-state index contributed by atoms with van der Waals surface area (Å²) in [6, 6.07) is 7.20. The van der Waals surface area contributed by atoms with Gasteiger partial charge in [-0.3, -0.25) is 0 Å². The van der Waals surface area contributed by atoms with Crippen LogP contribution in [0, 0.1) is 0 Å². The quantitative estimate of drug-likeness (QED) is 0.681. The molecule has 0 unspecified atom stereocenters. The van der Waals surface area contributed by atoms with Crippen molar-refractivity contribution in [3.05, 3.63) is 52.8 Å². The highest BCUT2D eigenvalue weighted by molar-refractivity contribution is 5.85. The lowest BCUT2D eigenvalue weighted by Crippen LogP contribution is -2.36. The molecule has 3 aromatic rings. The highest BCUT2D eigenvalue weighted by Gasteiger charge is 2.28. The number of rotatable bonds is 3. The Labute approximate surface area is 176 Å². The second-order valence-corrected chi connectivity index (χ2v) is 8.28. The van der Waals surface area contributed by atoms with Crippen molar-refractivity contribution in [2.24, 2.45) is 0 Å². The fraction of sp³-hybridized carbons (Fsp3) is 0.417. The molecule has 1 aromatic carbocycles. The number of methoxy groups -OCH3 is 1. The maximum absolute atomic E-state index is 12.1. The number of hydrogen-bond donors (Lipinski definition) is 2. The number of carbonyl (C=O) groups excluding carboxylic acids is 1. The Morgan fingerprint density at radius 2 is 2.20 bits per heavy atom. The van der Waals surface area contributed by atoms with Crippen LogP contribution in [0.1, 0.15) is 48.1 Å². The lowest BCUT2D eigenvalue weighted by Gasteiger charge is -2.31. The van der Waals surface area contributed by atoms with Crippen molar-refractivity contribution >= 4 is 17.1 Å². The average Bonchev–Trinajstić information content (AvgIpc) is 3.46. The van der Waals surface area contributed by atoms with E-state index in [9.17, 15) is 4.79 Å². The summed E-state index contributed by atoms with van der Waals surface area (Å²) in [5.74, 6) is 0. The molecule has 2 aromatic heterocycles. The average molecular weight is 405 g/mol. The zero-order valence-electron chi connectivity index (χ0n) is 17.6. The summed E-state index contributed by atoms with van der Waals surface area (Å²) >= 11 is 0. The van der Waals surface area contributed by atoms with Gasteiger partial charge in [0, 0.05) is 42.5 Å². The molecule has 1 atom stereocenters. The molecule has 6 nitrogen and oxygen atoms in total. The van der Waals surface area contributed by atoms with Crippen LogP contribution < -0.4 is 5.32 Å². The van der Waals surface area contributed by atoms with E-state index < -0.39 is 0 Å². The molecule has 2 N–H and O–H groups in total. The second-order valence-electron chi connectivity index (χ2n) is 8.28. The smallest absolute Gasteiger partial charge is 0.409 e. The minimum absolute atomic E-state index is 0.246. The van der Waals surface area contributed by atoms with E-state index in [-0.39, 0.29) is 6.09 Å². The number of fused-ring (bicyclic) bond motifs is 2. The van der Waals surface area contributed by atoms with Gasteiger partial charge >= 0.3 is 6.09 Å². The van der Waals surface area contributed by atoms with E-state index >= 15 is 0 Å². The number of H-pyrrole nitrogens is 1. The van der Waals surface area contributed by atoms with Crippen molar-refractivity contribution in [2.75, 3.05) is 20.2 Å². The Bertz CT molecular complexity index is 1100. The van der Waals surface area contributed by atoms with Gasteiger partial charge in [-0.25, -0.2) is 9.78 Å². The summed E-state index contributed by atoms with van der Waals surface area (Å²) in [5, 5.41) is 4.85. The Kier molecular flexibility index (Phi) is 4.95.